The van der Waals surface area contributed by atoms with Gasteiger partial charge in [0.25, 0.3) is 0 Å². The Hall–Kier alpha value is -3.34. The maximum Gasteiger partial charge on any atom is 0.312 e. The van der Waals surface area contributed by atoms with E-state index in [0.717, 1.165) is 31.0 Å². The Labute approximate surface area is 221 Å². The van der Waals surface area contributed by atoms with Gasteiger partial charge in [0, 0.05) is 35.8 Å². The molecule has 1 aromatic carbocycles. The van der Waals surface area contributed by atoms with Crippen LogP contribution in [0.3, 0.4) is 0 Å². The molecule has 1 amide bonds. The molecular weight excluding hydrogens is 527 g/mol. The highest BCUT2D eigenvalue weighted by molar-refractivity contribution is 6.33. The molecule has 0 aliphatic heterocycles. The highest BCUT2D eigenvalue weighted by Crippen LogP contribution is 2.50. The molecule has 1 aliphatic carbocycles. The molecule has 2 N–H and O–H groups in total. The van der Waals surface area contributed by atoms with Crippen molar-refractivity contribution in [1.82, 2.24) is 10.3 Å². The number of nitrogens with one attached hydrogen (secondary N) is 1. The molecule has 8 nitrogen and oxygen atoms in total. The molecule has 1 saturated carbocycles. The minimum atomic E-state index is -3.30. The fraction of sp³-hybridized carbons (Fsp3) is 0.462. The molecule has 1 aliphatic rings. The molecular formula is C26H27ClF3N3O5. The number of halogens is 4. The largest absolute Gasteiger partial charge is 0.481 e. The zero-order valence-corrected chi connectivity index (χ0v) is 21.7. The topological polar surface area (TPSA) is 118 Å². The second-order valence-electron chi connectivity index (χ2n) is 10.5. The summed E-state index contributed by atoms with van der Waals surface area (Å²) in [5.41, 5.74) is -0.196. The van der Waals surface area contributed by atoms with Crippen molar-refractivity contribution in [1.29, 1.82) is 0 Å². The number of rotatable bonds is 10. The molecule has 2 heterocycles. The Morgan fingerprint density at radius 1 is 1.18 bits per heavy atom. The minimum absolute atomic E-state index is 0.00328. The summed E-state index contributed by atoms with van der Waals surface area (Å²) < 4.78 is 53.6. The van der Waals surface area contributed by atoms with Crippen molar-refractivity contribution >= 4 is 29.2 Å². The van der Waals surface area contributed by atoms with Crippen LogP contribution in [0.5, 0.6) is 0 Å². The lowest BCUT2D eigenvalue weighted by Gasteiger charge is -2.27. The maximum absolute atomic E-state index is 14.8. The number of carboxylic acids is 1. The Bertz CT molecular complexity index is 1340. The van der Waals surface area contributed by atoms with Crippen LogP contribution in [0.1, 0.15) is 81.7 Å². The van der Waals surface area contributed by atoms with Gasteiger partial charge in [0.2, 0.25) is 11.7 Å². The van der Waals surface area contributed by atoms with E-state index < -0.39 is 40.7 Å². The van der Waals surface area contributed by atoms with Gasteiger partial charge >= 0.3 is 11.9 Å². The lowest BCUT2D eigenvalue weighted by Crippen LogP contribution is -2.30. The van der Waals surface area contributed by atoms with Crippen molar-refractivity contribution in [2.45, 2.75) is 70.6 Å². The highest BCUT2D eigenvalue weighted by atomic mass is 35.5. The van der Waals surface area contributed by atoms with Crippen molar-refractivity contribution in [3.05, 3.63) is 52.1 Å². The number of aromatic nitrogens is 2. The summed E-state index contributed by atoms with van der Waals surface area (Å²) in [5, 5.41) is 19.8. The van der Waals surface area contributed by atoms with Crippen LogP contribution in [0.2, 0.25) is 5.02 Å². The molecule has 12 heteroatoms. The fourth-order valence-electron chi connectivity index (χ4n) is 4.10. The van der Waals surface area contributed by atoms with Gasteiger partial charge < -0.3 is 19.5 Å². The van der Waals surface area contributed by atoms with Crippen LogP contribution in [-0.2, 0) is 15.5 Å². The Kier molecular flexibility index (Phi) is 7.60. The number of carbonyl (C=O) groups excluding carboxylic acids is 1. The van der Waals surface area contributed by atoms with E-state index in [1.165, 1.54) is 26.8 Å². The smallest absolute Gasteiger partial charge is 0.312 e. The third-order valence-electron chi connectivity index (χ3n) is 6.47. The van der Waals surface area contributed by atoms with Crippen LogP contribution in [0.15, 0.2) is 33.3 Å². The Balaban J connectivity index is 1.64. The number of nitrogens with zero attached hydrogens (tertiary/aromatic N) is 2. The Morgan fingerprint density at radius 3 is 2.50 bits per heavy atom. The van der Waals surface area contributed by atoms with Gasteiger partial charge in [0.05, 0.1) is 16.4 Å². The van der Waals surface area contributed by atoms with E-state index in [1.54, 1.807) is 0 Å². The number of anilines is 1. The van der Waals surface area contributed by atoms with Crippen molar-refractivity contribution in [3.63, 3.8) is 0 Å². The highest BCUT2D eigenvalue weighted by Gasteiger charge is 2.49. The zero-order valence-electron chi connectivity index (χ0n) is 21.0. The third-order valence-corrected chi connectivity index (χ3v) is 6.78. The molecule has 0 saturated heterocycles. The quantitative estimate of drug-likeness (QED) is 0.274. The molecule has 2 aromatic heterocycles. The van der Waals surface area contributed by atoms with Gasteiger partial charge in [-0.05, 0) is 43.4 Å². The van der Waals surface area contributed by atoms with Gasteiger partial charge in [0.1, 0.15) is 5.82 Å². The summed E-state index contributed by atoms with van der Waals surface area (Å²) >= 11 is 6.01. The number of hydrogen-bond acceptors (Lipinski definition) is 6. The second-order valence-corrected chi connectivity index (χ2v) is 10.9. The van der Waals surface area contributed by atoms with Gasteiger partial charge in [-0.1, -0.05) is 42.7 Å². The first-order valence-electron chi connectivity index (χ1n) is 12.1. The lowest BCUT2D eigenvalue weighted by atomic mass is 9.86. The molecule has 38 heavy (non-hydrogen) atoms. The molecule has 0 bridgehead atoms. The van der Waals surface area contributed by atoms with Gasteiger partial charge in [-0.2, -0.15) is 8.78 Å². The standard InChI is InChI=1S/C26H27ClF3N3O5/c1-25(2,3)26(29,30)19-12-18(32-37-19)24-22(13-4-5-13)23(33-38-24)14(6-9-21(35)36)10-20(34)31-17-8-7-15(28)11-16(17)27/h7-8,11-14H,4-6,9-10H2,1-3H3,(H,31,34)(H,35,36). The maximum atomic E-state index is 14.8. The number of benzene rings is 1. The van der Waals surface area contributed by atoms with Crippen LogP contribution < -0.4 is 5.32 Å². The molecule has 0 radical (unpaired) electrons. The van der Waals surface area contributed by atoms with Crippen molar-refractivity contribution in [2.75, 3.05) is 5.32 Å². The first-order valence-corrected chi connectivity index (χ1v) is 12.5. The van der Waals surface area contributed by atoms with E-state index in [4.69, 9.17) is 20.6 Å². The number of carboxylic acid groups (broad SMARTS) is 1. The van der Waals surface area contributed by atoms with E-state index in [1.807, 2.05) is 0 Å². The molecule has 0 spiro atoms. The number of aliphatic carboxylic acids is 1. The van der Waals surface area contributed by atoms with E-state index in [9.17, 15) is 27.9 Å². The van der Waals surface area contributed by atoms with Crippen molar-refractivity contribution in [2.24, 2.45) is 5.41 Å². The van der Waals surface area contributed by atoms with E-state index in [2.05, 4.69) is 15.6 Å². The minimum Gasteiger partial charge on any atom is -0.481 e. The summed E-state index contributed by atoms with van der Waals surface area (Å²) in [5.74, 6) is -6.54. The first-order chi connectivity index (χ1) is 17.8. The first kappa shape index (κ1) is 27.7. The Morgan fingerprint density at radius 2 is 1.89 bits per heavy atom. The average Bonchev–Trinajstić information content (AvgIpc) is 3.35. The van der Waals surface area contributed by atoms with Gasteiger partial charge in [-0.3, -0.25) is 9.59 Å². The van der Waals surface area contributed by atoms with Gasteiger partial charge in [0.15, 0.2) is 11.5 Å². The van der Waals surface area contributed by atoms with E-state index in [0.29, 0.717) is 11.3 Å². The lowest BCUT2D eigenvalue weighted by molar-refractivity contribution is -0.137. The van der Waals surface area contributed by atoms with Gasteiger partial charge in [-0.15, -0.1) is 0 Å². The number of alkyl halides is 2. The van der Waals surface area contributed by atoms with Crippen LogP contribution in [0.25, 0.3) is 11.5 Å². The van der Waals surface area contributed by atoms with Crippen LogP contribution in [-0.4, -0.2) is 27.3 Å². The average molecular weight is 554 g/mol. The summed E-state index contributed by atoms with van der Waals surface area (Å²) in [6.07, 6.45) is 1.23. The van der Waals surface area contributed by atoms with Crippen LogP contribution >= 0.6 is 11.6 Å². The molecule has 204 valence electrons. The van der Waals surface area contributed by atoms with Crippen LogP contribution in [0, 0.1) is 11.2 Å². The second kappa shape index (κ2) is 10.4. The molecule has 1 atom stereocenters. The molecule has 1 fully saturated rings. The third kappa shape index (κ3) is 5.87. The summed E-state index contributed by atoms with van der Waals surface area (Å²) in [7, 11) is 0. The molecule has 4 rings (SSSR count). The predicted molar refractivity (Wildman–Crippen MR) is 132 cm³/mol. The molecule has 3 aromatic rings. The summed E-state index contributed by atoms with van der Waals surface area (Å²) in [6, 6.07) is 4.65. The fourth-order valence-corrected chi connectivity index (χ4v) is 4.32. The number of carbonyl (C=O) groups is 2. The summed E-state index contributed by atoms with van der Waals surface area (Å²) in [4.78, 5) is 24.2. The zero-order chi connectivity index (χ0) is 27.8. The SMILES string of the molecule is CC(C)(C)C(F)(F)c1cc(-c2onc(C(CCC(=O)O)CC(=O)Nc3ccc(F)cc3Cl)c2C2CC2)no1. The van der Waals surface area contributed by atoms with Crippen molar-refractivity contribution in [3.8, 4) is 11.5 Å². The number of hydrogen-bond donors (Lipinski definition) is 2. The van der Waals surface area contributed by atoms with Gasteiger partial charge in [-0.25, -0.2) is 4.39 Å². The predicted octanol–water partition coefficient (Wildman–Crippen LogP) is 7.11. The number of amides is 1. The summed E-state index contributed by atoms with van der Waals surface area (Å²) in [6.45, 7) is 4.15. The molecule has 1 unspecified atom stereocenters. The van der Waals surface area contributed by atoms with E-state index in [-0.39, 0.29) is 47.3 Å². The normalized spacial score (nSPS) is 14.9. The van der Waals surface area contributed by atoms with E-state index >= 15 is 0 Å². The monoisotopic (exact) mass is 553 g/mol. The van der Waals surface area contributed by atoms with Crippen molar-refractivity contribution < 1.29 is 36.9 Å². The van der Waals surface area contributed by atoms with Crippen LogP contribution in [0.4, 0.5) is 18.9 Å².